The first-order chi connectivity index (χ1) is 8.27. The van der Waals surface area contributed by atoms with Crippen molar-refractivity contribution in [3.8, 4) is 5.75 Å². The zero-order chi connectivity index (χ0) is 13.9. The van der Waals surface area contributed by atoms with Crippen LogP contribution >= 0.6 is 15.9 Å². The van der Waals surface area contributed by atoms with Crippen LogP contribution in [0.5, 0.6) is 5.75 Å². The Balaban J connectivity index is 3.32. The van der Waals surface area contributed by atoms with E-state index < -0.39 is 15.8 Å². The monoisotopic (exact) mass is 334 g/mol. The molecule has 1 rings (SSSR count). The van der Waals surface area contributed by atoms with E-state index in [9.17, 15) is 13.2 Å². The Morgan fingerprint density at radius 1 is 1.50 bits per heavy atom. The lowest BCUT2D eigenvalue weighted by atomic mass is 10.2. The minimum absolute atomic E-state index is 0.0821. The van der Waals surface area contributed by atoms with Gasteiger partial charge in [0, 0.05) is 4.48 Å². The van der Waals surface area contributed by atoms with Crippen molar-refractivity contribution in [3.63, 3.8) is 0 Å². The highest BCUT2D eigenvalue weighted by Gasteiger charge is 2.19. The number of ether oxygens (including phenoxy) is 1. The third kappa shape index (κ3) is 3.33. The van der Waals surface area contributed by atoms with Gasteiger partial charge in [0.25, 0.3) is 0 Å². The Morgan fingerprint density at radius 3 is 2.56 bits per heavy atom. The van der Waals surface area contributed by atoms with E-state index >= 15 is 0 Å². The smallest absolute Gasteiger partial charge is 0.339 e. The Labute approximate surface area is 113 Å². The number of hydrogen-bond donors (Lipinski definition) is 1. The molecule has 0 unspecified atom stereocenters. The summed E-state index contributed by atoms with van der Waals surface area (Å²) >= 11 is 2.97. The molecule has 7 heteroatoms. The van der Waals surface area contributed by atoms with Gasteiger partial charge in [-0.25, -0.2) is 13.2 Å². The fourth-order valence-electron chi connectivity index (χ4n) is 1.34. The summed E-state index contributed by atoms with van der Waals surface area (Å²) in [6.07, 6.45) is 0. The number of methoxy groups -OCH3 is 1. The van der Waals surface area contributed by atoms with Gasteiger partial charge in [-0.1, -0.05) is 22.5 Å². The van der Waals surface area contributed by atoms with Gasteiger partial charge in [-0.3, -0.25) is 0 Å². The molecule has 0 aliphatic heterocycles. The maximum Gasteiger partial charge on any atom is 0.339 e. The van der Waals surface area contributed by atoms with Crippen molar-refractivity contribution in [2.45, 2.75) is 4.90 Å². The first kappa shape index (κ1) is 14.7. The third-order valence-electron chi connectivity index (χ3n) is 2.11. The Hall–Kier alpha value is -1.34. The van der Waals surface area contributed by atoms with Gasteiger partial charge in [0.05, 0.1) is 17.8 Å². The second-order valence-electron chi connectivity index (χ2n) is 3.44. The molecule has 18 heavy (non-hydrogen) atoms. The largest absolute Gasteiger partial charge is 0.496 e. The topological polar surface area (TPSA) is 80.7 Å². The van der Waals surface area contributed by atoms with Crippen molar-refractivity contribution in [1.29, 1.82) is 0 Å². The molecule has 5 nitrogen and oxygen atoms in total. The van der Waals surface area contributed by atoms with Crippen LogP contribution in [0.3, 0.4) is 0 Å². The van der Waals surface area contributed by atoms with Crippen LogP contribution < -0.4 is 4.74 Å². The zero-order valence-electron chi connectivity index (χ0n) is 9.51. The zero-order valence-corrected chi connectivity index (χ0v) is 11.9. The minimum atomic E-state index is -3.61. The van der Waals surface area contributed by atoms with Crippen molar-refractivity contribution in [1.82, 2.24) is 0 Å². The number of benzene rings is 1. The highest BCUT2D eigenvalue weighted by atomic mass is 79.9. The average molecular weight is 335 g/mol. The summed E-state index contributed by atoms with van der Waals surface area (Å²) in [6, 6.07) is 3.69. The molecular weight excluding hydrogens is 324 g/mol. The summed E-state index contributed by atoms with van der Waals surface area (Å²) in [5, 5.41) is 8.97. The molecule has 0 saturated heterocycles. The van der Waals surface area contributed by atoms with Crippen LogP contribution in [0.4, 0.5) is 0 Å². The van der Waals surface area contributed by atoms with E-state index in [0.717, 1.165) is 6.07 Å². The van der Waals surface area contributed by atoms with Crippen LogP contribution in [0.2, 0.25) is 0 Å². The number of halogens is 1. The van der Waals surface area contributed by atoms with Gasteiger partial charge in [0.2, 0.25) is 0 Å². The molecule has 1 N–H and O–H groups in total. The number of rotatable bonds is 5. The fourth-order valence-corrected chi connectivity index (χ4v) is 3.39. The van der Waals surface area contributed by atoms with Crippen molar-refractivity contribution >= 4 is 31.7 Å². The molecule has 0 saturated carbocycles. The Morgan fingerprint density at radius 2 is 2.11 bits per heavy atom. The van der Waals surface area contributed by atoms with E-state index in [-0.39, 0.29) is 22.0 Å². The van der Waals surface area contributed by atoms with Gasteiger partial charge in [0.1, 0.15) is 11.3 Å². The highest BCUT2D eigenvalue weighted by Crippen LogP contribution is 2.24. The highest BCUT2D eigenvalue weighted by molar-refractivity contribution is 9.11. The maximum absolute atomic E-state index is 11.9. The van der Waals surface area contributed by atoms with E-state index in [2.05, 4.69) is 22.5 Å². The average Bonchev–Trinajstić information content (AvgIpc) is 2.26. The fraction of sp³-hybridized carbons (Fsp3) is 0.182. The second-order valence-corrected chi connectivity index (χ2v) is 6.55. The molecule has 98 valence electrons. The quantitative estimate of drug-likeness (QED) is 0.891. The number of carboxylic acids is 1. The molecule has 0 aliphatic carbocycles. The van der Waals surface area contributed by atoms with Crippen LogP contribution in [0.25, 0.3) is 0 Å². The number of aromatic carboxylic acids is 1. The SMILES string of the molecule is C=C(Br)CS(=O)(=O)c1ccc(OC)c(C(=O)O)c1. The summed E-state index contributed by atoms with van der Waals surface area (Å²) in [6.45, 7) is 3.45. The number of sulfone groups is 1. The van der Waals surface area contributed by atoms with E-state index in [4.69, 9.17) is 9.84 Å². The molecule has 0 aliphatic rings. The van der Waals surface area contributed by atoms with E-state index in [0.29, 0.717) is 4.48 Å². The second kappa shape index (κ2) is 5.53. The van der Waals surface area contributed by atoms with Crippen LogP contribution in [0.15, 0.2) is 34.2 Å². The number of carbonyl (C=O) groups is 1. The maximum atomic E-state index is 11.9. The van der Waals surface area contributed by atoms with Gasteiger partial charge in [-0.2, -0.15) is 0 Å². The lowest BCUT2D eigenvalue weighted by Gasteiger charge is -2.08. The van der Waals surface area contributed by atoms with Crippen LogP contribution in [-0.4, -0.2) is 32.4 Å². The van der Waals surface area contributed by atoms with Crippen LogP contribution in [0.1, 0.15) is 10.4 Å². The molecule has 0 aromatic heterocycles. The van der Waals surface area contributed by atoms with Gasteiger partial charge >= 0.3 is 5.97 Å². The summed E-state index contributed by atoms with van der Waals surface area (Å²) in [5.41, 5.74) is -0.196. The standard InChI is InChI=1S/C11H11BrO5S/c1-7(12)6-18(15,16)8-3-4-10(17-2)9(5-8)11(13)14/h3-5H,1,6H2,2H3,(H,13,14). The van der Waals surface area contributed by atoms with Crippen molar-refractivity contribution in [2.75, 3.05) is 12.9 Å². The molecule has 0 heterocycles. The molecule has 0 bridgehead atoms. The van der Waals surface area contributed by atoms with E-state index in [1.807, 2.05) is 0 Å². The molecule has 0 amide bonds. The van der Waals surface area contributed by atoms with Crippen molar-refractivity contribution < 1.29 is 23.1 Å². The number of carboxylic acid groups (broad SMARTS) is 1. The first-order valence-corrected chi connectivity index (χ1v) is 7.20. The predicted octanol–water partition coefficient (Wildman–Crippen LogP) is 2.08. The predicted molar refractivity (Wildman–Crippen MR) is 70.1 cm³/mol. The lowest BCUT2D eigenvalue weighted by Crippen LogP contribution is -2.09. The van der Waals surface area contributed by atoms with Gasteiger partial charge in [-0.15, -0.1) is 0 Å². The third-order valence-corrected chi connectivity index (χ3v) is 4.46. The molecule has 0 spiro atoms. The van der Waals surface area contributed by atoms with Gasteiger partial charge in [0.15, 0.2) is 9.84 Å². The molecule has 0 atom stereocenters. The Kier molecular flexibility index (Phi) is 4.53. The molecule has 1 aromatic rings. The number of hydrogen-bond acceptors (Lipinski definition) is 4. The van der Waals surface area contributed by atoms with E-state index in [1.165, 1.54) is 19.2 Å². The molecule has 0 radical (unpaired) electrons. The van der Waals surface area contributed by atoms with Gasteiger partial charge in [-0.05, 0) is 18.2 Å². The first-order valence-electron chi connectivity index (χ1n) is 4.75. The molecular formula is C11H11BrO5S. The van der Waals surface area contributed by atoms with E-state index in [1.54, 1.807) is 0 Å². The molecule has 1 aromatic carbocycles. The minimum Gasteiger partial charge on any atom is -0.496 e. The van der Waals surface area contributed by atoms with Crippen LogP contribution in [0, 0.1) is 0 Å². The van der Waals surface area contributed by atoms with Crippen molar-refractivity contribution in [3.05, 3.63) is 34.8 Å². The summed E-state index contributed by atoms with van der Waals surface area (Å²) in [4.78, 5) is 10.9. The van der Waals surface area contributed by atoms with Crippen molar-refractivity contribution in [2.24, 2.45) is 0 Å². The van der Waals surface area contributed by atoms with Crippen LogP contribution in [-0.2, 0) is 9.84 Å². The molecule has 0 fully saturated rings. The summed E-state index contributed by atoms with van der Waals surface area (Å²) in [5.74, 6) is -1.43. The normalized spacial score (nSPS) is 11.0. The summed E-state index contributed by atoms with van der Waals surface area (Å²) < 4.78 is 28.9. The Bertz CT molecular complexity index is 591. The lowest BCUT2D eigenvalue weighted by molar-refractivity contribution is 0.0693. The van der Waals surface area contributed by atoms with Gasteiger partial charge < -0.3 is 9.84 Å². The summed E-state index contributed by atoms with van der Waals surface area (Å²) in [7, 11) is -2.29.